The number of nitrogens with zero attached hydrogens (tertiary/aromatic N) is 2. The molecule has 0 aliphatic carbocycles. The molecule has 3 rings (SSSR count). The normalized spacial score (nSPS) is 12.3. The number of hydrogen-bond donors (Lipinski definition) is 1. The summed E-state index contributed by atoms with van der Waals surface area (Å²) in [5.74, 6) is 1.17. The molecule has 0 saturated carbocycles. The first-order valence-electron chi connectivity index (χ1n) is 7.35. The van der Waals surface area contributed by atoms with Gasteiger partial charge in [0.1, 0.15) is 18.1 Å². The van der Waals surface area contributed by atoms with Crippen molar-refractivity contribution in [3.63, 3.8) is 0 Å². The van der Waals surface area contributed by atoms with Gasteiger partial charge in [0.05, 0.1) is 17.6 Å². The number of carbonyl (C=O) groups is 1. The van der Waals surface area contributed by atoms with Gasteiger partial charge in [0.25, 0.3) is 5.56 Å². The molecule has 0 bridgehead atoms. The molecular weight excluding hydrogens is 294 g/mol. The molecule has 0 aliphatic rings. The average molecular weight is 311 g/mol. The highest BCUT2D eigenvalue weighted by atomic mass is 16.3. The number of furan rings is 1. The molecule has 1 unspecified atom stereocenters. The van der Waals surface area contributed by atoms with Crippen LogP contribution in [0.5, 0.6) is 0 Å². The summed E-state index contributed by atoms with van der Waals surface area (Å²) in [4.78, 5) is 24.5. The maximum Gasteiger partial charge on any atom is 0.275 e. The Bertz CT molecular complexity index is 911. The number of rotatable bonds is 4. The Morgan fingerprint density at radius 2 is 2.09 bits per heavy atom. The molecule has 0 spiro atoms. The molecule has 0 radical (unpaired) electrons. The summed E-state index contributed by atoms with van der Waals surface area (Å²) in [7, 11) is 0. The molecule has 6 nitrogen and oxygen atoms in total. The van der Waals surface area contributed by atoms with Crippen LogP contribution in [0.2, 0.25) is 0 Å². The van der Waals surface area contributed by atoms with Crippen molar-refractivity contribution in [1.29, 1.82) is 0 Å². The van der Waals surface area contributed by atoms with Crippen molar-refractivity contribution in [3.05, 3.63) is 64.5 Å². The van der Waals surface area contributed by atoms with Gasteiger partial charge in [-0.1, -0.05) is 18.2 Å². The number of benzene rings is 1. The Hall–Kier alpha value is -2.89. The minimum absolute atomic E-state index is 0.131. The zero-order chi connectivity index (χ0) is 16.4. The maximum atomic E-state index is 12.3. The van der Waals surface area contributed by atoms with E-state index < -0.39 is 0 Å². The first kappa shape index (κ1) is 15.0. The van der Waals surface area contributed by atoms with Crippen LogP contribution in [-0.2, 0) is 11.3 Å². The van der Waals surface area contributed by atoms with Crippen LogP contribution in [0.1, 0.15) is 24.5 Å². The third-order valence-electron chi connectivity index (χ3n) is 3.62. The molecule has 118 valence electrons. The molecule has 1 amide bonds. The molecule has 1 aromatic carbocycles. The second kappa shape index (κ2) is 6.08. The van der Waals surface area contributed by atoms with Crippen LogP contribution < -0.4 is 10.9 Å². The van der Waals surface area contributed by atoms with E-state index >= 15 is 0 Å². The summed E-state index contributed by atoms with van der Waals surface area (Å²) in [6.07, 6.45) is 1.59. The standard InChI is InChI=1S/C17H17N3O3/c1-11-7-8-15(23-11)12(2)19-16(21)10-20-17(22)14-6-4-3-5-13(14)9-18-20/h3-9,12H,10H2,1-2H3,(H,19,21). The fraction of sp³-hybridized carbons (Fsp3) is 0.235. The van der Waals surface area contributed by atoms with Gasteiger partial charge in [0.2, 0.25) is 5.91 Å². The molecule has 2 aromatic heterocycles. The number of fused-ring (bicyclic) bond motifs is 1. The summed E-state index contributed by atoms with van der Waals surface area (Å²) < 4.78 is 6.64. The van der Waals surface area contributed by atoms with Crippen molar-refractivity contribution in [1.82, 2.24) is 15.1 Å². The molecule has 0 saturated heterocycles. The van der Waals surface area contributed by atoms with Crippen LogP contribution in [-0.4, -0.2) is 15.7 Å². The quantitative estimate of drug-likeness (QED) is 0.801. The van der Waals surface area contributed by atoms with E-state index in [0.29, 0.717) is 11.1 Å². The molecule has 1 N–H and O–H groups in total. The lowest BCUT2D eigenvalue weighted by Gasteiger charge is -2.12. The second-order valence-electron chi connectivity index (χ2n) is 5.43. The van der Waals surface area contributed by atoms with Crippen LogP contribution >= 0.6 is 0 Å². The van der Waals surface area contributed by atoms with Gasteiger partial charge in [-0.2, -0.15) is 5.10 Å². The van der Waals surface area contributed by atoms with Crippen molar-refractivity contribution in [2.24, 2.45) is 0 Å². The number of nitrogens with one attached hydrogen (secondary N) is 1. The number of aryl methyl sites for hydroxylation is 1. The monoisotopic (exact) mass is 311 g/mol. The lowest BCUT2D eigenvalue weighted by Crippen LogP contribution is -2.34. The molecule has 1 atom stereocenters. The van der Waals surface area contributed by atoms with E-state index in [0.717, 1.165) is 15.8 Å². The Labute approximate surface area is 132 Å². The lowest BCUT2D eigenvalue weighted by atomic mass is 10.2. The van der Waals surface area contributed by atoms with E-state index in [-0.39, 0.29) is 24.1 Å². The summed E-state index contributed by atoms with van der Waals surface area (Å²) in [5.41, 5.74) is -0.278. The fourth-order valence-corrected chi connectivity index (χ4v) is 2.42. The molecule has 0 fully saturated rings. The topological polar surface area (TPSA) is 77.1 Å². The maximum absolute atomic E-state index is 12.3. The van der Waals surface area contributed by atoms with Crippen LogP contribution in [0.3, 0.4) is 0 Å². The lowest BCUT2D eigenvalue weighted by molar-refractivity contribution is -0.122. The van der Waals surface area contributed by atoms with Crippen molar-refractivity contribution in [2.45, 2.75) is 26.4 Å². The Morgan fingerprint density at radius 1 is 1.30 bits per heavy atom. The van der Waals surface area contributed by atoms with Crippen molar-refractivity contribution in [2.75, 3.05) is 0 Å². The highest BCUT2D eigenvalue weighted by Crippen LogP contribution is 2.15. The molecule has 6 heteroatoms. The first-order valence-corrected chi connectivity index (χ1v) is 7.35. The zero-order valence-electron chi connectivity index (χ0n) is 12.9. The highest BCUT2D eigenvalue weighted by molar-refractivity contribution is 5.81. The number of carbonyl (C=O) groups excluding carboxylic acids is 1. The predicted octanol–water partition coefficient (Wildman–Crippen LogP) is 2.18. The number of amides is 1. The largest absolute Gasteiger partial charge is 0.464 e. The molecular formula is C17H17N3O3. The summed E-state index contributed by atoms with van der Waals surface area (Å²) in [5, 5.41) is 8.16. The van der Waals surface area contributed by atoms with E-state index in [1.54, 1.807) is 18.3 Å². The average Bonchev–Trinajstić information content (AvgIpc) is 2.97. The van der Waals surface area contributed by atoms with E-state index in [1.165, 1.54) is 0 Å². The third kappa shape index (κ3) is 3.15. The van der Waals surface area contributed by atoms with Gasteiger partial charge in [-0.25, -0.2) is 4.68 Å². The number of hydrogen-bond acceptors (Lipinski definition) is 4. The minimum atomic E-state index is -0.295. The van der Waals surface area contributed by atoms with Gasteiger partial charge in [0, 0.05) is 5.39 Å². The Kier molecular flexibility index (Phi) is 3.97. The van der Waals surface area contributed by atoms with Gasteiger partial charge in [-0.3, -0.25) is 9.59 Å². The summed E-state index contributed by atoms with van der Waals surface area (Å²) >= 11 is 0. The molecule has 0 aliphatic heterocycles. The van der Waals surface area contributed by atoms with Crippen molar-refractivity contribution < 1.29 is 9.21 Å². The highest BCUT2D eigenvalue weighted by Gasteiger charge is 2.14. The van der Waals surface area contributed by atoms with Crippen LogP contribution in [0, 0.1) is 6.92 Å². The van der Waals surface area contributed by atoms with Gasteiger partial charge < -0.3 is 9.73 Å². The third-order valence-corrected chi connectivity index (χ3v) is 3.62. The number of aromatic nitrogens is 2. The summed E-state index contributed by atoms with van der Waals surface area (Å²) in [6, 6.07) is 10.6. The van der Waals surface area contributed by atoms with E-state index in [1.807, 2.05) is 38.1 Å². The fourth-order valence-electron chi connectivity index (χ4n) is 2.42. The molecule has 23 heavy (non-hydrogen) atoms. The smallest absolute Gasteiger partial charge is 0.275 e. The second-order valence-corrected chi connectivity index (χ2v) is 5.43. The summed E-state index contributed by atoms with van der Waals surface area (Å²) in [6.45, 7) is 3.54. The van der Waals surface area contributed by atoms with Crippen LogP contribution in [0.25, 0.3) is 10.8 Å². The Balaban J connectivity index is 1.75. The molecule has 2 heterocycles. The van der Waals surface area contributed by atoms with Gasteiger partial charge in [-0.15, -0.1) is 0 Å². The predicted molar refractivity (Wildman–Crippen MR) is 86.0 cm³/mol. The molecule has 3 aromatic rings. The van der Waals surface area contributed by atoms with Crippen molar-refractivity contribution >= 4 is 16.7 Å². The zero-order valence-corrected chi connectivity index (χ0v) is 12.9. The first-order chi connectivity index (χ1) is 11.0. The van der Waals surface area contributed by atoms with E-state index in [9.17, 15) is 9.59 Å². The SMILES string of the molecule is Cc1ccc(C(C)NC(=O)Cn2ncc3ccccc3c2=O)o1. The van der Waals surface area contributed by atoms with Crippen LogP contribution in [0.4, 0.5) is 0 Å². The Morgan fingerprint density at radius 3 is 2.83 bits per heavy atom. The van der Waals surface area contributed by atoms with E-state index in [4.69, 9.17) is 4.42 Å². The van der Waals surface area contributed by atoms with Gasteiger partial charge in [0.15, 0.2) is 0 Å². The van der Waals surface area contributed by atoms with Crippen molar-refractivity contribution in [3.8, 4) is 0 Å². The van der Waals surface area contributed by atoms with Gasteiger partial charge in [-0.05, 0) is 32.0 Å². The van der Waals surface area contributed by atoms with Crippen LogP contribution in [0.15, 0.2) is 51.8 Å². The minimum Gasteiger partial charge on any atom is -0.464 e. The van der Waals surface area contributed by atoms with E-state index in [2.05, 4.69) is 10.4 Å². The van der Waals surface area contributed by atoms with Gasteiger partial charge >= 0.3 is 0 Å².